The summed E-state index contributed by atoms with van der Waals surface area (Å²) in [7, 11) is 1.43. The first-order valence-electron chi connectivity index (χ1n) is 10.9. The van der Waals surface area contributed by atoms with Crippen molar-refractivity contribution in [1.29, 1.82) is 0 Å². The minimum atomic E-state index is -1.15. The molecule has 5 N–H and O–H groups in total. The number of likely N-dealkylation sites (N-methyl/N-ethyl adjacent to an activating group) is 1. The Labute approximate surface area is 200 Å². The van der Waals surface area contributed by atoms with Crippen LogP contribution in [-0.2, 0) is 30.5 Å². The quantitative estimate of drug-likeness (QED) is 0.207. The highest BCUT2D eigenvalue weighted by molar-refractivity contribution is 6.03. The molecule has 0 aromatic carbocycles. The molecule has 35 heavy (non-hydrogen) atoms. The molecule has 3 atom stereocenters. The number of carboxylic acid groups (broad SMARTS) is 1. The molecule has 0 saturated carbocycles. The molecule has 1 aromatic rings. The largest absolute Gasteiger partial charge is 0.481 e. The Morgan fingerprint density at radius 1 is 1.20 bits per heavy atom. The molecular formula is C19H29N9O7. The summed E-state index contributed by atoms with van der Waals surface area (Å²) in [5, 5.41) is 29.1. The molecule has 2 heterocycles. The summed E-state index contributed by atoms with van der Waals surface area (Å²) in [5.41, 5.74) is 0. The Bertz CT molecular complexity index is 952. The summed E-state index contributed by atoms with van der Waals surface area (Å²) < 4.78 is 0. The van der Waals surface area contributed by atoms with Gasteiger partial charge in [0.1, 0.15) is 12.1 Å². The fraction of sp³-hybridized carbons (Fsp3) is 0.632. The molecule has 16 heteroatoms. The lowest BCUT2D eigenvalue weighted by molar-refractivity contribution is -0.139. The van der Waals surface area contributed by atoms with Crippen LogP contribution in [-0.4, -0.2) is 103 Å². The van der Waals surface area contributed by atoms with Gasteiger partial charge >= 0.3 is 12.0 Å². The number of carboxylic acids is 1. The summed E-state index contributed by atoms with van der Waals surface area (Å²) in [5.74, 6) is -3.97. The molecule has 16 nitrogen and oxygen atoms in total. The summed E-state index contributed by atoms with van der Waals surface area (Å²) in [6.07, 6.45) is -0.174. The number of imide groups is 1. The van der Waals surface area contributed by atoms with Crippen molar-refractivity contribution in [2.75, 3.05) is 20.1 Å². The van der Waals surface area contributed by atoms with Gasteiger partial charge in [0.2, 0.25) is 17.7 Å². The molecule has 1 aromatic heterocycles. The summed E-state index contributed by atoms with van der Waals surface area (Å²) in [6.45, 7) is 2.81. The molecule has 1 saturated heterocycles. The van der Waals surface area contributed by atoms with Crippen LogP contribution in [0.25, 0.3) is 0 Å². The highest BCUT2D eigenvalue weighted by Gasteiger charge is 2.43. The van der Waals surface area contributed by atoms with E-state index in [2.05, 4.69) is 36.6 Å². The van der Waals surface area contributed by atoms with Crippen LogP contribution < -0.4 is 16.0 Å². The SMILES string of the molecule is CC[C@H](C)[C@H](NC(=O)CCC(=O)O)C(=O)NCC(=O)N1C(=O)N(C)C[C@H]1C(=O)NCc1nn[nH]n1. The van der Waals surface area contributed by atoms with Crippen LogP contribution in [0.1, 0.15) is 38.9 Å². The minimum Gasteiger partial charge on any atom is -0.481 e. The minimum absolute atomic E-state index is 0.0499. The number of tetrazole rings is 1. The number of aromatic nitrogens is 4. The fourth-order valence-corrected chi connectivity index (χ4v) is 3.28. The molecule has 0 radical (unpaired) electrons. The number of aliphatic carboxylic acids is 1. The van der Waals surface area contributed by atoms with Gasteiger partial charge in [0.05, 0.1) is 26.1 Å². The number of hydrogen-bond donors (Lipinski definition) is 5. The van der Waals surface area contributed by atoms with Crippen molar-refractivity contribution in [2.24, 2.45) is 5.92 Å². The first kappa shape index (κ1) is 27.1. The number of nitrogens with zero attached hydrogens (tertiary/aromatic N) is 5. The van der Waals surface area contributed by atoms with Gasteiger partial charge in [-0.15, -0.1) is 10.2 Å². The number of hydrogen-bond acceptors (Lipinski definition) is 9. The number of carbonyl (C=O) groups excluding carboxylic acids is 5. The van der Waals surface area contributed by atoms with Gasteiger partial charge in [0.15, 0.2) is 5.82 Å². The third-order valence-electron chi connectivity index (χ3n) is 5.46. The molecule has 0 aliphatic carbocycles. The second-order valence-electron chi connectivity index (χ2n) is 8.03. The van der Waals surface area contributed by atoms with E-state index in [1.807, 2.05) is 0 Å². The van der Waals surface area contributed by atoms with Gasteiger partial charge in [0, 0.05) is 13.5 Å². The van der Waals surface area contributed by atoms with Crippen LogP contribution in [0, 0.1) is 5.92 Å². The van der Waals surface area contributed by atoms with Crippen molar-refractivity contribution in [3.63, 3.8) is 0 Å². The Morgan fingerprint density at radius 3 is 2.51 bits per heavy atom. The highest BCUT2D eigenvalue weighted by atomic mass is 16.4. The van der Waals surface area contributed by atoms with Gasteiger partial charge < -0.3 is 26.0 Å². The molecule has 192 valence electrons. The average molecular weight is 495 g/mol. The number of rotatable bonds is 12. The third kappa shape index (κ3) is 7.44. The summed E-state index contributed by atoms with van der Waals surface area (Å²) in [6, 6.07) is -2.85. The molecule has 0 spiro atoms. The van der Waals surface area contributed by atoms with Gasteiger partial charge in [0.25, 0.3) is 5.91 Å². The van der Waals surface area contributed by atoms with Gasteiger partial charge in [-0.2, -0.15) is 5.21 Å². The zero-order chi connectivity index (χ0) is 26.1. The van der Waals surface area contributed by atoms with E-state index in [0.29, 0.717) is 6.42 Å². The lowest BCUT2D eigenvalue weighted by Crippen LogP contribution is -2.54. The molecular weight excluding hydrogens is 466 g/mol. The molecule has 1 aliphatic heterocycles. The topological polar surface area (TPSA) is 220 Å². The van der Waals surface area contributed by atoms with Crippen LogP contribution in [0.3, 0.4) is 0 Å². The van der Waals surface area contributed by atoms with E-state index in [9.17, 15) is 28.8 Å². The normalized spacial score (nSPS) is 17.0. The van der Waals surface area contributed by atoms with E-state index in [4.69, 9.17) is 5.11 Å². The van der Waals surface area contributed by atoms with E-state index in [1.165, 1.54) is 11.9 Å². The van der Waals surface area contributed by atoms with Crippen LogP contribution in [0.4, 0.5) is 4.79 Å². The number of carbonyl (C=O) groups is 6. The Morgan fingerprint density at radius 2 is 1.91 bits per heavy atom. The third-order valence-corrected chi connectivity index (χ3v) is 5.46. The van der Waals surface area contributed by atoms with Crippen molar-refractivity contribution >= 4 is 35.6 Å². The lowest BCUT2D eigenvalue weighted by Gasteiger charge is -2.25. The monoisotopic (exact) mass is 495 g/mol. The maximum atomic E-state index is 12.8. The molecule has 6 amide bonds. The van der Waals surface area contributed by atoms with Gasteiger partial charge in [-0.3, -0.25) is 24.0 Å². The average Bonchev–Trinajstić information content (AvgIpc) is 3.45. The number of aromatic amines is 1. The number of H-pyrrole nitrogens is 1. The van der Waals surface area contributed by atoms with Crippen molar-refractivity contribution < 1.29 is 33.9 Å². The Kier molecular flexibility index (Phi) is 9.60. The molecule has 0 bridgehead atoms. The zero-order valence-corrected chi connectivity index (χ0v) is 19.6. The Balaban J connectivity index is 1.99. The molecule has 1 aliphatic rings. The van der Waals surface area contributed by atoms with Gasteiger partial charge in [-0.25, -0.2) is 9.69 Å². The Hall–Kier alpha value is -4.11. The van der Waals surface area contributed by atoms with E-state index in [-0.39, 0.29) is 37.7 Å². The number of nitrogens with one attached hydrogen (secondary N) is 4. The molecule has 0 unspecified atom stereocenters. The van der Waals surface area contributed by atoms with E-state index in [0.717, 1.165) is 4.90 Å². The van der Waals surface area contributed by atoms with Crippen LogP contribution >= 0.6 is 0 Å². The van der Waals surface area contributed by atoms with Crippen molar-refractivity contribution in [3.8, 4) is 0 Å². The fourth-order valence-electron chi connectivity index (χ4n) is 3.28. The van der Waals surface area contributed by atoms with Crippen molar-refractivity contribution in [2.45, 2.75) is 51.7 Å². The van der Waals surface area contributed by atoms with E-state index >= 15 is 0 Å². The summed E-state index contributed by atoms with van der Waals surface area (Å²) in [4.78, 5) is 75.3. The van der Waals surface area contributed by atoms with Crippen LogP contribution in [0.5, 0.6) is 0 Å². The standard InChI is InChI=1S/C19H29N9O7/c1-4-10(2)16(22-13(29)5-6-15(31)32)18(34)21-8-14(30)28-11(9-27(3)19(28)35)17(33)20-7-12-23-25-26-24-12/h10-11,16H,4-9H2,1-3H3,(H,20,33)(H,21,34)(H,22,29)(H,31,32)(H,23,24,25,26)/t10-,11-,16-/m0/s1. The second kappa shape index (κ2) is 12.4. The maximum absolute atomic E-state index is 12.8. The number of urea groups is 1. The maximum Gasteiger partial charge on any atom is 0.327 e. The predicted molar refractivity (Wildman–Crippen MR) is 116 cm³/mol. The lowest BCUT2D eigenvalue weighted by atomic mass is 9.98. The zero-order valence-electron chi connectivity index (χ0n) is 19.6. The van der Waals surface area contributed by atoms with Crippen LogP contribution in [0.2, 0.25) is 0 Å². The van der Waals surface area contributed by atoms with E-state index < -0.39 is 54.3 Å². The van der Waals surface area contributed by atoms with E-state index in [1.54, 1.807) is 13.8 Å². The molecule has 1 fully saturated rings. The smallest absolute Gasteiger partial charge is 0.327 e. The second-order valence-corrected chi connectivity index (χ2v) is 8.03. The van der Waals surface area contributed by atoms with Crippen molar-refractivity contribution in [1.82, 2.24) is 46.4 Å². The summed E-state index contributed by atoms with van der Waals surface area (Å²) >= 11 is 0. The van der Waals surface area contributed by atoms with Crippen molar-refractivity contribution in [3.05, 3.63) is 5.82 Å². The predicted octanol–water partition coefficient (Wildman–Crippen LogP) is -2.41. The first-order chi connectivity index (χ1) is 16.5. The first-order valence-corrected chi connectivity index (χ1v) is 10.9. The number of amides is 6. The molecule has 2 rings (SSSR count). The van der Waals surface area contributed by atoms with Gasteiger partial charge in [-0.05, 0) is 5.92 Å². The highest BCUT2D eigenvalue weighted by Crippen LogP contribution is 2.15. The van der Waals surface area contributed by atoms with Gasteiger partial charge in [-0.1, -0.05) is 25.5 Å². The van der Waals surface area contributed by atoms with Crippen LogP contribution in [0.15, 0.2) is 0 Å².